The number of anilines is 2. The fraction of sp³-hybridized carbons (Fsp3) is 0.167. The van der Waals surface area contributed by atoms with Gasteiger partial charge in [-0.15, -0.1) is 0 Å². The maximum atomic E-state index is 13.6. The first-order valence-corrected chi connectivity index (χ1v) is 13.8. The minimum Gasteiger partial charge on any atom is -0.278 e. The van der Waals surface area contributed by atoms with Gasteiger partial charge in [-0.05, 0) is 66.6 Å². The number of carbonyl (C=O) groups excluding carboxylic acids is 1. The van der Waals surface area contributed by atoms with Crippen molar-refractivity contribution in [3.05, 3.63) is 107 Å². The molecule has 2 heterocycles. The number of pyridine rings is 1. The Morgan fingerprint density at radius 1 is 1.00 bits per heavy atom. The van der Waals surface area contributed by atoms with Crippen LogP contribution in [0.5, 0.6) is 0 Å². The summed E-state index contributed by atoms with van der Waals surface area (Å²) in [5, 5.41) is 10.5. The molecule has 1 aromatic heterocycles. The molecule has 176 valence electrons. The highest BCUT2D eigenvalue weighted by Gasteiger charge is 2.29. The van der Waals surface area contributed by atoms with Gasteiger partial charge >= 0.3 is 0 Å². The fourth-order valence-electron chi connectivity index (χ4n) is 5.01. The van der Waals surface area contributed by atoms with Crippen molar-refractivity contribution in [3.8, 4) is 6.07 Å². The van der Waals surface area contributed by atoms with Crippen LogP contribution in [0.3, 0.4) is 0 Å². The van der Waals surface area contributed by atoms with Crippen molar-refractivity contribution < 1.29 is 4.79 Å². The van der Waals surface area contributed by atoms with Gasteiger partial charge in [0.05, 0.1) is 22.7 Å². The van der Waals surface area contributed by atoms with Crippen LogP contribution in [0.1, 0.15) is 34.7 Å². The van der Waals surface area contributed by atoms with Crippen LogP contribution in [0.2, 0.25) is 0 Å². The molecule has 1 aliphatic heterocycles. The van der Waals surface area contributed by atoms with Crippen LogP contribution < -0.4 is 4.90 Å². The number of nitrogens with zero attached hydrogens (tertiary/aromatic N) is 3. The number of hydrogen-bond acceptors (Lipinski definition) is 5. The molecule has 6 heteroatoms. The Kier molecular flexibility index (Phi) is 6.27. The number of rotatable bonds is 4. The van der Waals surface area contributed by atoms with Crippen molar-refractivity contribution in [2.75, 3.05) is 10.7 Å². The summed E-state index contributed by atoms with van der Waals surface area (Å²) in [4.78, 5) is 22.4. The van der Waals surface area contributed by atoms with E-state index in [1.807, 2.05) is 65.6 Å². The van der Waals surface area contributed by atoms with Crippen LogP contribution in [-0.2, 0) is 17.6 Å². The van der Waals surface area contributed by atoms with Crippen molar-refractivity contribution in [3.63, 3.8) is 0 Å². The molecule has 36 heavy (non-hydrogen) atoms. The third kappa shape index (κ3) is 4.30. The zero-order valence-corrected chi connectivity index (χ0v) is 21.2. The molecule has 0 spiro atoms. The molecule has 2 aliphatic rings. The quantitative estimate of drug-likeness (QED) is 0.276. The van der Waals surface area contributed by atoms with Gasteiger partial charge in [0, 0.05) is 15.5 Å². The molecule has 0 fully saturated rings. The van der Waals surface area contributed by atoms with E-state index in [4.69, 9.17) is 4.98 Å². The van der Waals surface area contributed by atoms with Crippen LogP contribution in [0, 0.1) is 11.3 Å². The Morgan fingerprint density at radius 2 is 1.67 bits per heavy atom. The predicted molar refractivity (Wildman–Crippen MR) is 145 cm³/mol. The van der Waals surface area contributed by atoms with Crippen molar-refractivity contribution in [1.29, 1.82) is 5.26 Å². The van der Waals surface area contributed by atoms with Gasteiger partial charge < -0.3 is 0 Å². The zero-order valence-electron chi connectivity index (χ0n) is 19.6. The van der Waals surface area contributed by atoms with Crippen LogP contribution in [0.4, 0.5) is 11.4 Å². The fourth-order valence-corrected chi connectivity index (χ4v) is 6.90. The van der Waals surface area contributed by atoms with E-state index in [0.717, 1.165) is 51.7 Å². The number of para-hydroxylation sites is 2. The van der Waals surface area contributed by atoms with Crippen molar-refractivity contribution >= 4 is 40.8 Å². The molecule has 1 amide bonds. The van der Waals surface area contributed by atoms with E-state index in [1.54, 1.807) is 11.8 Å². The molecule has 0 N–H and O–H groups in total. The number of nitriles is 1. The van der Waals surface area contributed by atoms with Gasteiger partial charge in [0.2, 0.25) is 5.91 Å². The number of amides is 1. The highest BCUT2D eigenvalue weighted by molar-refractivity contribution is 8.00. The molecule has 6 rings (SSSR count). The summed E-state index contributed by atoms with van der Waals surface area (Å²) >= 11 is 3.04. The van der Waals surface area contributed by atoms with E-state index < -0.39 is 0 Å². The first kappa shape index (κ1) is 22.9. The average molecular weight is 506 g/mol. The first-order valence-electron chi connectivity index (χ1n) is 12.0. The number of fused-ring (bicyclic) bond motifs is 3. The highest BCUT2D eigenvalue weighted by atomic mass is 32.2. The smallest absolute Gasteiger partial charge is 0.242 e. The summed E-state index contributed by atoms with van der Waals surface area (Å²) in [6, 6.07) is 30.9. The summed E-state index contributed by atoms with van der Waals surface area (Å²) in [5.41, 5.74) is 5.90. The summed E-state index contributed by atoms with van der Waals surface area (Å²) in [6.07, 6.45) is 2.81. The topological polar surface area (TPSA) is 57.0 Å². The maximum Gasteiger partial charge on any atom is 0.242 e. The molecule has 1 atom stereocenters. The number of aromatic nitrogens is 1. The highest BCUT2D eigenvalue weighted by Crippen LogP contribution is 2.48. The molecular weight excluding hydrogens is 482 g/mol. The second-order valence-corrected chi connectivity index (χ2v) is 11.0. The summed E-state index contributed by atoms with van der Waals surface area (Å²) in [6.45, 7) is 0. The Hall–Kier alpha value is -3.53. The van der Waals surface area contributed by atoms with E-state index in [0.29, 0.717) is 16.5 Å². The number of benzene rings is 3. The van der Waals surface area contributed by atoms with Crippen LogP contribution in [-0.4, -0.2) is 16.6 Å². The number of thioether (sulfide) groups is 1. The lowest BCUT2D eigenvalue weighted by atomic mass is 9.82. The van der Waals surface area contributed by atoms with Gasteiger partial charge in [-0.1, -0.05) is 78.1 Å². The minimum atomic E-state index is -0.0206. The van der Waals surface area contributed by atoms with E-state index in [1.165, 1.54) is 17.3 Å². The van der Waals surface area contributed by atoms with Crippen LogP contribution in [0.25, 0.3) is 0 Å². The van der Waals surface area contributed by atoms with Gasteiger partial charge in [-0.2, -0.15) is 5.26 Å². The molecule has 0 saturated carbocycles. The third-order valence-corrected chi connectivity index (χ3v) is 8.86. The molecule has 1 aliphatic carbocycles. The Labute approximate surface area is 219 Å². The van der Waals surface area contributed by atoms with E-state index >= 15 is 0 Å². The number of aryl methyl sites for hydroxylation is 1. The Balaban J connectivity index is 1.24. The van der Waals surface area contributed by atoms with Gasteiger partial charge in [0.25, 0.3) is 0 Å². The predicted octanol–water partition coefficient (Wildman–Crippen LogP) is 7.15. The summed E-state index contributed by atoms with van der Waals surface area (Å²) < 4.78 is 0. The molecule has 4 nitrogen and oxygen atoms in total. The lowest BCUT2D eigenvalue weighted by Gasteiger charge is -2.31. The van der Waals surface area contributed by atoms with E-state index in [2.05, 4.69) is 30.3 Å². The van der Waals surface area contributed by atoms with Crippen molar-refractivity contribution in [2.45, 2.75) is 40.0 Å². The summed E-state index contributed by atoms with van der Waals surface area (Å²) in [7, 11) is 0. The normalized spacial score (nSPS) is 15.9. The average Bonchev–Trinajstić information content (AvgIpc) is 2.94. The van der Waals surface area contributed by atoms with Gasteiger partial charge in [-0.3, -0.25) is 9.69 Å². The van der Waals surface area contributed by atoms with Crippen molar-refractivity contribution in [1.82, 2.24) is 4.98 Å². The van der Waals surface area contributed by atoms with Crippen LogP contribution in [0.15, 0.2) is 99.7 Å². The van der Waals surface area contributed by atoms with Crippen molar-refractivity contribution in [2.24, 2.45) is 0 Å². The molecule has 0 radical (unpaired) electrons. The Morgan fingerprint density at radius 3 is 2.36 bits per heavy atom. The zero-order chi connectivity index (χ0) is 24.5. The molecule has 0 bridgehead atoms. The second-order valence-electron chi connectivity index (χ2n) is 8.96. The van der Waals surface area contributed by atoms with Gasteiger partial charge in [-0.25, -0.2) is 4.98 Å². The monoisotopic (exact) mass is 505 g/mol. The SMILES string of the molecule is N#Cc1cc2c(nc1SCC(=O)N1c3ccccc3Sc3ccccc31)CCC(c1ccccc1)C2. The number of carbonyl (C=O) groups is 1. The third-order valence-electron chi connectivity index (χ3n) is 6.76. The first-order chi connectivity index (χ1) is 17.7. The molecule has 3 aromatic carbocycles. The molecular formula is C30H23N3OS2. The lowest BCUT2D eigenvalue weighted by molar-refractivity contribution is -0.115. The van der Waals surface area contributed by atoms with Crippen LogP contribution >= 0.6 is 23.5 Å². The lowest BCUT2D eigenvalue weighted by Crippen LogP contribution is -2.30. The molecule has 1 unspecified atom stereocenters. The second kappa shape index (κ2) is 9.85. The van der Waals surface area contributed by atoms with E-state index in [9.17, 15) is 10.1 Å². The maximum absolute atomic E-state index is 13.6. The largest absolute Gasteiger partial charge is 0.278 e. The number of hydrogen-bond donors (Lipinski definition) is 0. The standard InChI is InChI=1S/C30H23N3OS2/c31-18-23-17-22-16-21(20-8-2-1-3-9-20)14-15-24(22)32-30(23)35-19-29(34)33-25-10-4-6-12-27(25)36-28-13-7-5-11-26(28)33/h1-13,17,21H,14-16,19H2. The molecule has 0 saturated heterocycles. The minimum absolute atomic E-state index is 0.0206. The van der Waals surface area contributed by atoms with E-state index in [-0.39, 0.29) is 11.7 Å². The summed E-state index contributed by atoms with van der Waals surface area (Å²) in [5.74, 6) is 0.637. The Bertz CT molecular complexity index is 1450. The van der Waals surface area contributed by atoms with Gasteiger partial charge in [0.1, 0.15) is 11.1 Å². The molecule has 4 aromatic rings. The van der Waals surface area contributed by atoms with Gasteiger partial charge in [0.15, 0.2) is 0 Å².